The van der Waals surface area contributed by atoms with Crippen LogP contribution in [0.1, 0.15) is 27.2 Å². The number of nitrogens with one attached hydrogen (secondary N) is 2. The minimum absolute atomic E-state index is 0.168. The van der Waals surface area contributed by atoms with Crippen LogP contribution in [-0.2, 0) is 14.3 Å². The molecule has 132 valence electrons. The second kappa shape index (κ2) is 8.09. The number of amides is 2. The number of nitrogens with zero attached hydrogens (tertiary/aromatic N) is 1. The zero-order chi connectivity index (χ0) is 18.4. The molecule has 1 aromatic heterocycles. The lowest BCUT2D eigenvalue weighted by molar-refractivity contribution is -0.146. The van der Waals surface area contributed by atoms with Crippen LogP contribution in [0.5, 0.6) is 0 Å². The van der Waals surface area contributed by atoms with Crippen molar-refractivity contribution in [1.29, 1.82) is 0 Å². The predicted molar refractivity (Wildman–Crippen MR) is 89.1 cm³/mol. The standard InChI is InChI=1S/C17H19N3O5/c1-10-4-5-13(6-11(10)2)17(23)18-8-16(22)24-9-14(21)19-15-7-12(3)20-25-15/h4-7H,8-9H2,1-3H3,(H,18,23)(H,19,21). The maximum atomic E-state index is 12.0. The minimum Gasteiger partial charge on any atom is -0.454 e. The minimum atomic E-state index is -0.721. The summed E-state index contributed by atoms with van der Waals surface area (Å²) in [5.41, 5.74) is 3.12. The van der Waals surface area contributed by atoms with Gasteiger partial charge in [-0.1, -0.05) is 11.2 Å². The smallest absolute Gasteiger partial charge is 0.325 e. The number of ether oxygens (including phenoxy) is 1. The second-order valence-corrected chi connectivity index (χ2v) is 5.52. The van der Waals surface area contributed by atoms with E-state index in [0.29, 0.717) is 11.3 Å². The number of carbonyl (C=O) groups excluding carboxylic acids is 3. The number of benzene rings is 1. The van der Waals surface area contributed by atoms with Crippen LogP contribution < -0.4 is 10.6 Å². The highest BCUT2D eigenvalue weighted by molar-refractivity contribution is 5.96. The molecule has 2 N–H and O–H groups in total. The van der Waals surface area contributed by atoms with Gasteiger partial charge in [0.25, 0.3) is 11.8 Å². The Morgan fingerprint density at radius 3 is 2.52 bits per heavy atom. The van der Waals surface area contributed by atoms with Crippen molar-refractivity contribution in [2.45, 2.75) is 20.8 Å². The highest BCUT2D eigenvalue weighted by atomic mass is 16.5. The second-order valence-electron chi connectivity index (χ2n) is 5.52. The average molecular weight is 345 g/mol. The Morgan fingerprint density at radius 1 is 1.12 bits per heavy atom. The van der Waals surface area contributed by atoms with Gasteiger partial charge in [-0.2, -0.15) is 0 Å². The first kappa shape index (κ1) is 18.2. The summed E-state index contributed by atoms with van der Waals surface area (Å²) in [6.07, 6.45) is 0. The van der Waals surface area contributed by atoms with Gasteiger partial charge < -0.3 is 14.6 Å². The number of aromatic nitrogens is 1. The number of hydrogen-bond acceptors (Lipinski definition) is 6. The Balaban J connectivity index is 1.73. The molecule has 0 aliphatic heterocycles. The monoisotopic (exact) mass is 345 g/mol. The van der Waals surface area contributed by atoms with E-state index in [1.54, 1.807) is 19.1 Å². The molecule has 0 spiro atoms. The highest BCUT2D eigenvalue weighted by Gasteiger charge is 2.12. The van der Waals surface area contributed by atoms with E-state index >= 15 is 0 Å². The topological polar surface area (TPSA) is 111 Å². The van der Waals surface area contributed by atoms with Gasteiger partial charge >= 0.3 is 5.97 Å². The van der Waals surface area contributed by atoms with E-state index in [-0.39, 0.29) is 18.3 Å². The largest absolute Gasteiger partial charge is 0.454 e. The molecule has 0 radical (unpaired) electrons. The van der Waals surface area contributed by atoms with E-state index in [2.05, 4.69) is 15.8 Å². The van der Waals surface area contributed by atoms with Crippen molar-refractivity contribution in [3.8, 4) is 0 Å². The maximum Gasteiger partial charge on any atom is 0.325 e. The molecule has 0 aliphatic carbocycles. The van der Waals surface area contributed by atoms with Crippen molar-refractivity contribution in [2.75, 3.05) is 18.5 Å². The lowest BCUT2D eigenvalue weighted by Crippen LogP contribution is -2.32. The third-order valence-electron chi connectivity index (χ3n) is 3.42. The fourth-order valence-corrected chi connectivity index (χ4v) is 1.93. The molecule has 8 nitrogen and oxygen atoms in total. The van der Waals surface area contributed by atoms with Gasteiger partial charge in [0.05, 0.1) is 5.69 Å². The highest BCUT2D eigenvalue weighted by Crippen LogP contribution is 2.09. The summed E-state index contributed by atoms with van der Waals surface area (Å²) in [6, 6.07) is 6.78. The van der Waals surface area contributed by atoms with Gasteiger partial charge in [0.15, 0.2) is 6.61 Å². The van der Waals surface area contributed by atoms with Crippen LogP contribution in [0.3, 0.4) is 0 Å². The fraction of sp³-hybridized carbons (Fsp3) is 0.294. The normalized spacial score (nSPS) is 10.2. The van der Waals surface area contributed by atoms with Crippen LogP contribution in [0.15, 0.2) is 28.8 Å². The summed E-state index contributed by atoms with van der Waals surface area (Å²) in [4.78, 5) is 35.2. The van der Waals surface area contributed by atoms with Crippen LogP contribution in [0.2, 0.25) is 0 Å². The summed E-state index contributed by atoms with van der Waals surface area (Å²) < 4.78 is 9.59. The summed E-state index contributed by atoms with van der Waals surface area (Å²) in [5.74, 6) is -1.51. The van der Waals surface area contributed by atoms with Crippen LogP contribution in [0, 0.1) is 20.8 Å². The van der Waals surface area contributed by atoms with Gasteiger partial charge in [0.1, 0.15) is 6.54 Å². The quantitative estimate of drug-likeness (QED) is 0.768. The average Bonchev–Trinajstić information content (AvgIpc) is 2.98. The van der Waals surface area contributed by atoms with Crippen molar-refractivity contribution in [2.24, 2.45) is 0 Å². The molecule has 0 bridgehead atoms. The van der Waals surface area contributed by atoms with Crippen LogP contribution in [0.4, 0.5) is 5.88 Å². The van der Waals surface area contributed by atoms with Crippen molar-refractivity contribution >= 4 is 23.7 Å². The Labute approximate surface area is 144 Å². The SMILES string of the molecule is Cc1cc(NC(=O)COC(=O)CNC(=O)c2ccc(C)c(C)c2)on1. The number of anilines is 1. The molecule has 0 saturated heterocycles. The molecule has 0 fully saturated rings. The Morgan fingerprint density at radius 2 is 1.88 bits per heavy atom. The molecule has 2 rings (SSSR count). The first-order valence-electron chi connectivity index (χ1n) is 7.59. The Kier molecular flexibility index (Phi) is 5.89. The van der Waals surface area contributed by atoms with Gasteiger partial charge in [0, 0.05) is 11.6 Å². The summed E-state index contributed by atoms with van der Waals surface area (Å²) >= 11 is 0. The molecule has 0 saturated carbocycles. The molecule has 2 amide bonds. The third kappa shape index (κ3) is 5.45. The number of rotatable bonds is 6. The lowest BCUT2D eigenvalue weighted by atomic mass is 10.1. The van der Waals surface area contributed by atoms with E-state index in [4.69, 9.17) is 9.26 Å². The van der Waals surface area contributed by atoms with E-state index in [9.17, 15) is 14.4 Å². The molecule has 25 heavy (non-hydrogen) atoms. The molecule has 0 aliphatic rings. The summed E-state index contributed by atoms with van der Waals surface area (Å²) in [7, 11) is 0. The third-order valence-corrected chi connectivity index (χ3v) is 3.42. The number of hydrogen-bond donors (Lipinski definition) is 2. The molecule has 8 heteroatoms. The number of esters is 1. The first-order chi connectivity index (χ1) is 11.8. The van der Waals surface area contributed by atoms with Gasteiger partial charge in [-0.25, -0.2) is 0 Å². The lowest BCUT2D eigenvalue weighted by Gasteiger charge is -2.07. The van der Waals surface area contributed by atoms with E-state index in [1.165, 1.54) is 6.07 Å². The van der Waals surface area contributed by atoms with Gasteiger partial charge in [-0.05, 0) is 44.0 Å². The molecular formula is C17H19N3O5. The van der Waals surface area contributed by atoms with Gasteiger partial charge in [0.2, 0.25) is 5.88 Å². The summed E-state index contributed by atoms with van der Waals surface area (Å²) in [6.45, 7) is 4.73. The molecule has 2 aromatic rings. The predicted octanol–water partition coefficient (Wildman–Crippen LogP) is 1.51. The van der Waals surface area contributed by atoms with Crippen LogP contribution >= 0.6 is 0 Å². The van der Waals surface area contributed by atoms with E-state index in [0.717, 1.165) is 11.1 Å². The summed E-state index contributed by atoms with van der Waals surface area (Å²) in [5, 5.41) is 8.45. The van der Waals surface area contributed by atoms with E-state index in [1.807, 2.05) is 19.9 Å². The van der Waals surface area contributed by atoms with Crippen LogP contribution in [-0.4, -0.2) is 36.1 Å². The Bertz CT molecular complexity index is 797. The van der Waals surface area contributed by atoms with Crippen molar-refractivity contribution < 1.29 is 23.6 Å². The molecule has 0 atom stereocenters. The zero-order valence-corrected chi connectivity index (χ0v) is 14.2. The zero-order valence-electron chi connectivity index (χ0n) is 14.2. The first-order valence-corrected chi connectivity index (χ1v) is 7.59. The van der Waals surface area contributed by atoms with E-state index < -0.39 is 18.5 Å². The van der Waals surface area contributed by atoms with Crippen LogP contribution in [0.25, 0.3) is 0 Å². The fourth-order valence-electron chi connectivity index (χ4n) is 1.93. The van der Waals surface area contributed by atoms with Gasteiger partial charge in [-0.3, -0.25) is 19.7 Å². The molecule has 1 heterocycles. The maximum absolute atomic E-state index is 12.0. The number of aryl methyl sites for hydroxylation is 3. The molecule has 1 aromatic carbocycles. The van der Waals surface area contributed by atoms with Crippen molar-refractivity contribution in [3.63, 3.8) is 0 Å². The molecular weight excluding hydrogens is 326 g/mol. The van der Waals surface area contributed by atoms with Crippen molar-refractivity contribution in [3.05, 3.63) is 46.6 Å². The number of carbonyl (C=O) groups is 3. The van der Waals surface area contributed by atoms with Crippen molar-refractivity contribution in [1.82, 2.24) is 10.5 Å². The Hall–Kier alpha value is -3.16. The molecule has 0 unspecified atom stereocenters. The van der Waals surface area contributed by atoms with Gasteiger partial charge in [-0.15, -0.1) is 0 Å².